The number of aryl methyl sites for hydroxylation is 1. The Labute approximate surface area is 80.7 Å². The fraction of sp³-hybridized carbons (Fsp3) is 0.400. The Bertz CT molecular complexity index is 303. The first-order valence-electron chi connectivity index (χ1n) is 4.28. The van der Waals surface area contributed by atoms with Gasteiger partial charge < -0.3 is 5.73 Å². The lowest BCUT2D eigenvalue weighted by atomic mass is 10.0. The van der Waals surface area contributed by atoms with Gasteiger partial charge in [0.25, 0.3) is 5.92 Å². The second-order valence-corrected chi connectivity index (χ2v) is 3.27. The molecule has 0 unspecified atom stereocenters. The highest BCUT2D eigenvalue weighted by Crippen LogP contribution is 2.22. The summed E-state index contributed by atoms with van der Waals surface area (Å²) in [5.74, 6) is -3.63. The highest BCUT2D eigenvalue weighted by molar-refractivity contribution is 5.28. The third-order valence-corrected chi connectivity index (χ3v) is 2.09. The molecule has 4 heteroatoms. The predicted octanol–water partition coefficient (Wildman–Crippen LogP) is 2.27. The van der Waals surface area contributed by atoms with Crippen LogP contribution in [-0.4, -0.2) is 12.5 Å². The van der Waals surface area contributed by atoms with E-state index in [1.165, 1.54) is 12.1 Å². The Morgan fingerprint density at radius 1 is 1.36 bits per heavy atom. The van der Waals surface area contributed by atoms with Crippen molar-refractivity contribution in [1.29, 1.82) is 0 Å². The van der Waals surface area contributed by atoms with E-state index in [-0.39, 0.29) is 5.56 Å². The van der Waals surface area contributed by atoms with Crippen LogP contribution in [-0.2, 0) is 6.42 Å². The maximum Gasteiger partial charge on any atom is 0.264 e. The highest BCUT2D eigenvalue weighted by atomic mass is 19.3. The van der Waals surface area contributed by atoms with Crippen LogP contribution in [0.15, 0.2) is 18.2 Å². The van der Waals surface area contributed by atoms with Crippen LogP contribution in [0, 0.1) is 12.7 Å². The molecule has 0 amide bonds. The summed E-state index contributed by atoms with van der Waals surface area (Å²) in [6.45, 7) is 0.839. The van der Waals surface area contributed by atoms with E-state index in [1.54, 1.807) is 13.0 Å². The number of halogens is 3. The van der Waals surface area contributed by atoms with Crippen LogP contribution in [0.1, 0.15) is 11.1 Å². The molecule has 0 aliphatic heterocycles. The molecule has 0 saturated carbocycles. The van der Waals surface area contributed by atoms with Gasteiger partial charge in [-0.2, -0.15) is 0 Å². The Morgan fingerprint density at radius 2 is 2.00 bits per heavy atom. The van der Waals surface area contributed by atoms with Crippen molar-refractivity contribution in [1.82, 2.24) is 0 Å². The monoisotopic (exact) mass is 203 g/mol. The van der Waals surface area contributed by atoms with Gasteiger partial charge in [-0.15, -0.1) is 0 Å². The molecule has 78 valence electrons. The van der Waals surface area contributed by atoms with Gasteiger partial charge in [-0.25, -0.2) is 13.2 Å². The predicted molar refractivity (Wildman–Crippen MR) is 48.8 cm³/mol. The molecule has 0 aliphatic rings. The first kappa shape index (κ1) is 11.0. The molecule has 14 heavy (non-hydrogen) atoms. The van der Waals surface area contributed by atoms with Gasteiger partial charge in [0.05, 0.1) is 6.54 Å². The van der Waals surface area contributed by atoms with Crippen molar-refractivity contribution in [3.8, 4) is 0 Å². The van der Waals surface area contributed by atoms with Crippen LogP contribution in [0.2, 0.25) is 0 Å². The SMILES string of the molecule is Cc1cccc(F)c1CC(F)(F)CN. The Balaban J connectivity index is 2.97. The second-order valence-electron chi connectivity index (χ2n) is 3.27. The molecular weight excluding hydrogens is 191 g/mol. The number of alkyl halides is 2. The van der Waals surface area contributed by atoms with Crippen molar-refractivity contribution in [3.63, 3.8) is 0 Å². The zero-order chi connectivity index (χ0) is 10.8. The lowest BCUT2D eigenvalue weighted by Crippen LogP contribution is -2.30. The summed E-state index contributed by atoms with van der Waals surface area (Å²) in [4.78, 5) is 0. The average Bonchev–Trinajstić information content (AvgIpc) is 2.12. The summed E-state index contributed by atoms with van der Waals surface area (Å²) in [6, 6.07) is 4.27. The van der Waals surface area contributed by atoms with E-state index in [2.05, 4.69) is 0 Å². The van der Waals surface area contributed by atoms with Gasteiger partial charge in [0.15, 0.2) is 0 Å². The summed E-state index contributed by atoms with van der Waals surface area (Å²) < 4.78 is 39.0. The fourth-order valence-corrected chi connectivity index (χ4v) is 1.22. The maximum atomic E-state index is 13.1. The molecule has 2 N–H and O–H groups in total. The molecule has 0 fully saturated rings. The molecule has 0 aliphatic carbocycles. The lowest BCUT2D eigenvalue weighted by Gasteiger charge is -2.15. The van der Waals surface area contributed by atoms with Crippen molar-refractivity contribution >= 4 is 0 Å². The van der Waals surface area contributed by atoms with Crippen molar-refractivity contribution in [3.05, 3.63) is 35.1 Å². The van der Waals surface area contributed by atoms with Crippen molar-refractivity contribution in [2.45, 2.75) is 19.3 Å². The number of benzene rings is 1. The minimum atomic E-state index is -3.03. The van der Waals surface area contributed by atoms with Gasteiger partial charge in [0.2, 0.25) is 0 Å². The molecule has 0 bridgehead atoms. The van der Waals surface area contributed by atoms with E-state index in [0.717, 1.165) is 0 Å². The molecule has 0 saturated heterocycles. The number of hydrogen-bond acceptors (Lipinski definition) is 1. The van der Waals surface area contributed by atoms with Crippen molar-refractivity contribution in [2.24, 2.45) is 5.73 Å². The van der Waals surface area contributed by atoms with Gasteiger partial charge in [-0.1, -0.05) is 12.1 Å². The minimum absolute atomic E-state index is 0.0444. The highest BCUT2D eigenvalue weighted by Gasteiger charge is 2.29. The molecule has 0 radical (unpaired) electrons. The first-order valence-corrected chi connectivity index (χ1v) is 4.28. The zero-order valence-electron chi connectivity index (χ0n) is 7.86. The van der Waals surface area contributed by atoms with Gasteiger partial charge in [-0.3, -0.25) is 0 Å². The molecule has 1 aromatic carbocycles. The van der Waals surface area contributed by atoms with E-state index in [1.807, 2.05) is 0 Å². The van der Waals surface area contributed by atoms with Gasteiger partial charge in [0, 0.05) is 6.42 Å². The smallest absolute Gasteiger partial charge is 0.264 e. The number of nitrogens with two attached hydrogens (primary N) is 1. The van der Waals surface area contributed by atoms with E-state index < -0.39 is 24.7 Å². The number of hydrogen-bond donors (Lipinski definition) is 1. The summed E-state index contributed by atoms with van der Waals surface area (Å²) in [6.07, 6.45) is -0.637. The summed E-state index contributed by atoms with van der Waals surface area (Å²) >= 11 is 0. The lowest BCUT2D eigenvalue weighted by molar-refractivity contribution is 0.0105. The second kappa shape index (κ2) is 4.00. The third kappa shape index (κ3) is 2.48. The molecule has 1 nitrogen and oxygen atoms in total. The van der Waals surface area contributed by atoms with Crippen LogP contribution < -0.4 is 5.73 Å². The van der Waals surface area contributed by atoms with Gasteiger partial charge >= 0.3 is 0 Å². The Hall–Kier alpha value is -1.03. The summed E-state index contributed by atoms with van der Waals surface area (Å²) in [5.41, 5.74) is 5.45. The van der Waals surface area contributed by atoms with Crippen LogP contribution in [0.5, 0.6) is 0 Å². The van der Waals surface area contributed by atoms with Crippen LogP contribution in [0.3, 0.4) is 0 Å². The van der Waals surface area contributed by atoms with Crippen LogP contribution in [0.4, 0.5) is 13.2 Å². The summed E-state index contributed by atoms with van der Waals surface area (Å²) in [7, 11) is 0. The molecule has 0 heterocycles. The summed E-state index contributed by atoms with van der Waals surface area (Å²) in [5, 5.41) is 0. The largest absolute Gasteiger partial charge is 0.325 e. The van der Waals surface area contributed by atoms with Crippen molar-refractivity contribution < 1.29 is 13.2 Å². The average molecular weight is 203 g/mol. The van der Waals surface area contributed by atoms with Crippen molar-refractivity contribution in [2.75, 3.05) is 6.54 Å². The zero-order valence-corrected chi connectivity index (χ0v) is 7.86. The molecule has 0 aromatic heterocycles. The standard InChI is InChI=1S/C10H12F3N/c1-7-3-2-4-9(11)8(7)5-10(12,13)6-14/h2-4H,5-6,14H2,1H3. The molecule has 1 aromatic rings. The Kier molecular flexibility index (Phi) is 3.16. The van der Waals surface area contributed by atoms with Gasteiger partial charge in [-0.05, 0) is 24.1 Å². The van der Waals surface area contributed by atoms with Crippen LogP contribution in [0.25, 0.3) is 0 Å². The molecule has 0 spiro atoms. The van der Waals surface area contributed by atoms with E-state index in [9.17, 15) is 13.2 Å². The normalized spacial score (nSPS) is 11.8. The van der Waals surface area contributed by atoms with E-state index >= 15 is 0 Å². The molecule has 1 rings (SSSR count). The van der Waals surface area contributed by atoms with E-state index in [0.29, 0.717) is 5.56 Å². The topological polar surface area (TPSA) is 26.0 Å². The minimum Gasteiger partial charge on any atom is -0.325 e. The molecular formula is C10H12F3N. The first-order chi connectivity index (χ1) is 6.46. The van der Waals surface area contributed by atoms with Crippen LogP contribution >= 0.6 is 0 Å². The molecule has 0 atom stereocenters. The Morgan fingerprint density at radius 3 is 2.50 bits per heavy atom. The van der Waals surface area contributed by atoms with Gasteiger partial charge in [0.1, 0.15) is 5.82 Å². The fourth-order valence-electron chi connectivity index (χ4n) is 1.22. The maximum absolute atomic E-state index is 13.1. The number of rotatable bonds is 3. The quantitative estimate of drug-likeness (QED) is 0.801. The van der Waals surface area contributed by atoms with E-state index in [4.69, 9.17) is 5.73 Å². The third-order valence-electron chi connectivity index (χ3n) is 2.09.